The minimum absolute atomic E-state index is 0.0126. The van der Waals surface area contributed by atoms with E-state index in [2.05, 4.69) is 33.8 Å². The van der Waals surface area contributed by atoms with Crippen LogP contribution in [0.25, 0.3) is 0 Å². The lowest BCUT2D eigenvalue weighted by molar-refractivity contribution is -0.159. The number of fused-ring (bicyclic) bond motifs is 5. The van der Waals surface area contributed by atoms with Crippen LogP contribution in [0.2, 0.25) is 0 Å². The average molecular weight is 374 g/mol. The van der Waals surface area contributed by atoms with Crippen LogP contribution in [0.5, 0.6) is 0 Å². The monoisotopic (exact) mass is 373 g/mol. The number of methoxy groups -OCH3 is 1. The molecule has 0 bridgehead atoms. The third-order valence-corrected chi connectivity index (χ3v) is 9.30. The molecule has 1 heterocycles. The zero-order chi connectivity index (χ0) is 19.7. The lowest BCUT2D eigenvalue weighted by atomic mass is 9.45. The zero-order valence-electron chi connectivity index (χ0n) is 17.7. The molecule has 0 radical (unpaired) electrons. The smallest absolute Gasteiger partial charge is 0.309 e. The van der Waals surface area contributed by atoms with E-state index in [0.717, 1.165) is 25.7 Å². The van der Waals surface area contributed by atoms with Crippen LogP contribution in [-0.4, -0.2) is 37.0 Å². The molecule has 9 atom stereocenters. The number of carbonyl (C=O) groups excluding carboxylic acids is 2. The number of hydrogen-bond donors (Lipinski definition) is 0. The van der Waals surface area contributed by atoms with Gasteiger partial charge in [-0.3, -0.25) is 9.59 Å². The SMILES string of the molecule is COC(=O)C1C(C)CC2C3C(C)CC4N(C)C(=O)C=CC4(C)C3CCC21C. The van der Waals surface area contributed by atoms with Gasteiger partial charge in [0.2, 0.25) is 5.91 Å². The van der Waals surface area contributed by atoms with Crippen LogP contribution in [0.3, 0.4) is 0 Å². The van der Waals surface area contributed by atoms with Gasteiger partial charge in [-0.15, -0.1) is 0 Å². The zero-order valence-corrected chi connectivity index (χ0v) is 17.7. The van der Waals surface area contributed by atoms with Crippen molar-refractivity contribution in [1.29, 1.82) is 0 Å². The minimum Gasteiger partial charge on any atom is -0.469 e. The normalized spacial score (nSPS) is 51.4. The average Bonchev–Trinajstić information content (AvgIpc) is 2.90. The molecule has 27 heavy (non-hydrogen) atoms. The number of hydrogen-bond acceptors (Lipinski definition) is 3. The number of likely N-dealkylation sites (N-methyl/N-ethyl adjacent to an activating group) is 1. The Morgan fingerprint density at radius 2 is 1.89 bits per heavy atom. The van der Waals surface area contributed by atoms with Crippen molar-refractivity contribution in [2.75, 3.05) is 14.2 Å². The van der Waals surface area contributed by atoms with Gasteiger partial charge in [-0.2, -0.15) is 0 Å². The maximum atomic E-state index is 12.6. The minimum atomic E-state index is -0.0126. The highest BCUT2D eigenvalue weighted by atomic mass is 16.5. The van der Waals surface area contributed by atoms with E-state index in [1.165, 1.54) is 7.11 Å². The van der Waals surface area contributed by atoms with Gasteiger partial charge in [0, 0.05) is 18.5 Å². The molecule has 1 amide bonds. The summed E-state index contributed by atoms with van der Waals surface area (Å²) in [5, 5.41) is 0. The van der Waals surface area contributed by atoms with Crippen LogP contribution in [-0.2, 0) is 14.3 Å². The number of ether oxygens (including phenoxy) is 1. The van der Waals surface area contributed by atoms with E-state index in [-0.39, 0.29) is 28.6 Å². The van der Waals surface area contributed by atoms with Gasteiger partial charge in [0.25, 0.3) is 0 Å². The van der Waals surface area contributed by atoms with Crippen LogP contribution >= 0.6 is 0 Å². The number of rotatable bonds is 1. The van der Waals surface area contributed by atoms with Crippen molar-refractivity contribution in [3.63, 3.8) is 0 Å². The molecule has 4 nitrogen and oxygen atoms in total. The predicted molar refractivity (Wildman–Crippen MR) is 105 cm³/mol. The van der Waals surface area contributed by atoms with Crippen molar-refractivity contribution in [2.24, 2.45) is 46.3 Å². The van der Waals surface area contributed by atoms with Crippen LogP contribution in [0.15, 0.2) is 12.2 Å². The highest BCUT2D eigenvalue weighted by Crippen LogP contribution is 2.67. The van der Waals surface area contributed by atoms with E-state index < -0.39 is 0 Å². The van der Waals surface area contributed by atoms with Crippen LogP contribution in [0.1, 0.15) is 53.4 Å². The number of esters is 1. The van der Waals surface area contributed by atoms with Crippen LogP contribution in [0.4, 0.5) is 0 Å². The summed E-state index contributed by atoms with van der Waals surface area (Å²) in [6.45, 7) is 9.35. The largest absolute Gasteiger partial charge is 0.469 e. The van der Waals surface area contributed by atoms with Gasteiger partial charge in [0.05, 0.1) is 13.0 Å². The van der Waals surface area contributed by atoms with Crippen molar-refractivity contribution in [3.8, 4) is 0 Å². The Bertz CT molecular complexity index is 687. The lowest BCUT2D eigenvalue weighted by Gasteiger charge is -2.62. The summed E-state index contributed by atoms with van der Waals surface area (Å²) in [6, 6.07) is 0.297. The van der Waals surface area contributed by atoms with Crippen molar-refractivity contribution in [2.45, 2.75) is 59.4 Å². The maximum Gasteiger partial charge on any atom is 0.309 e. The van der Waals surface area contributed by atoms with E-state index in [4.69, 9.17) is 4.74 Å². The van der Waals surface area contributed by atoms with E-state index in [1.807, 2.05) is 11.9 Å². The molecule has 0 saturated heterocycles. The molecular formula is C23H35NO3. The summed E-state index contributed by atoms with van der Waals surface area (Å²) in [5.41, 5.74) is 0.0962. The van der Waals surface area contributed by atoms with Crippen molar-refractivity contribution >= 4 is 11.9 Å². The molecule has 4 heteroatoms. The lowest BCUT2D eigenvalue weighted by Crippen LogP contribution is -2.61. The molecular weight excluding hydrogens is 338 g/mol. The van der Waals surface area contributed by atoms with Gasteiger partial charge in [0.15, 0.2) is 0 Å². The summed E-state index contributed by atoms with van der Waals surface area (Å²) in [7, 11) is 3.51. The Morgan fingerprint density at radius 3 is 2.56 bits per heavy atom. The first-order chi connectivity index (χ1) is 12.6. The molecule has 1 aliphatic heterocycles. The Balaban J connectivity index is 1.73. The summed E-state index contributed by atoms with van der Waals surface area (Å²) in [6.07, 6.45) is 8.44. The molecule has 3 saturated carbocycles. The number of carbonyl (C=O) groups is 2. The highest BCUT2D eigenvalue weighted by Gasteiger charge is 2.64. The molecule has 0 spiro atoms. The first-order valence-electron chi connectivity index (χ1n) is 10.7. The van der Waals surface area contributed by atoms with Crippen molar-refractivity contribution < 1.29 is 14.3 Å². The predicted octanol–water partition coefficient (Wildman–Crippen LogP) is 3.91. The molecule has 0 N–H and O–H groups in total. The van der Waals surface area contributed by atoms with Gasteiger partial charge in [-0.05, 0) is 66.8 Å². The third kappa shape index (κ3) is 2.40. The molecule has 3 fully saturated rings. The summed E-state index contributed by atoms with van der Waals surface area (Å²) in [5.74, 6) is 2.88. The highest BCUT2D eigenvalue weighted by molar-refractivity contribution is 5.89. The van der Waals surface area contributed by atoms with Gasteiger partial charge < -0.3 is 9.64 Å². The van der Waals surface area contributed by atoms with E-state index in [9.17, 15) is 9.59 Å². The Hall–Kier alpha value is -1.32. The van der Waals surface area contributed by atoms with Gasteiger partial charge >= 0.3 is 5.97 Å². The molecule has 0 aromatic rings. The molecule has 9 unspecified atom stereocenters. The standard InChI is InChI=1S/C23H35NO3/c1-13-12-17-22(3,10-8-18(25)24(17)5)15-7-9-23(4)16(19(13)15)11-14(2)20(23)21(26)27-6/h8,10,13-17,19-20H,7,9,11-12H2,1-6H3. The summed E-state index contributed by atoms with van der Waals surface area (Å²) < 4.78 is 5.22. The Morgan fingerprint density at radius 1 is 1.19 bits per heavy atom. The fourth-order valence-corrected chi connectivity index (χ4v) is 8.05. The van der Waals surface area contributed by atoms with Crippen LogP contribution in [0, 0.1) is 46.3 Å². The molecule has 4 aliphatic rings. The number of nitrogens with zero attached hydrogens (tertiary/aromatic N) is 1. The van der Waals surface area contributed by atoms with Gasteiger partial charge in [-0.1, -0.05) is 33.8 Å². The second kappa shape index (κ2) is 6.09. The molecule has 0 aromatic carbocycles. The maximum absolute atomic E-state index is 12.6. The van der Waals surface area contributed by atoms with Crippen molar-refractivity contribution in [1.82, 2.24) is 4.90 Å². The van der Waals surface area contributed by atoms with Gasteiger partial charge in [-0.25, -0.2) is 0 Å². The van der Waals surface area contributed by atoms with E-state index >= 15 is 0 Å². The molecule has 150 valence electrons. The quantitative estimate of drug-likeness (QED) is 0.655. The van der Waals surface area contributed by atoms with E-state index in [1.54, 1.807) is 6.08 Å². The van der Waals surface area contributed by atoms with Crippen LogP contribution < -0.4 is 0 Å². The Labute approximate surface area is 163 Å². The summed E-state index contributed by atoms with van der Waals surface area (Å²) >= 11 is 0. The first kappa shape index (κ1) is 19.0. The van der Waals surface area contributed by atoms with E-state index in [0.29, 0.717) is 35.6 Å². The second-order valence-corrected chi connectivity index (χ2v) is 10.4. The third-order valence-electron chi connectivity index (χ3n) is 9.30. The molecule has 0 aromatic heterocycles. The fourth-order valence-electron chi connectivity index (χ4n) is 8.05. The summed E-state index contributed by atoms with van der Waals surface area (Å²) in [4.78, 5) is 26.9. The molecule has 4 rings (SSSR count). The molecule has 3 aliphatic carbocycles. The Kier molecular flexibility index (Phi) is 4.29. The number of amides is 1. The topological polar surface area (TPSA) is 46.6 Å². The fraction of sp³-hybridized carbons (Fsp3) is 0.826. The first-order valence-corrected chi connectivity index (χ1v) is 10.7. The van der Waals surface area contributed by atoms with Crippen molar-refractivity contribution in [3.05, 3.63) is 12.2 Å². The van der Waals surface area contributed by atoms with Gasteiger partial charge in [0.1, 0.15) is 0 Å². The second-order valence-electron chi connectivity index (χ2n) is 10.4.